The molecule has 4 rings (SSSR count). The fourth-order valence-corrected chi connectivity index (χ4v) is 3.51. The van der Waals surface area contributed by atoms with Gasteiger partial charge in [0.15, 0.2) is 17.4 Å². The second kappa shape index (κ2) is 8.67. The predicted molar refractivity (Wildman–Crippen MR) is 116 cm³/mol. The van der Waals surface area contributed by atoms with Crippen LogP contribution in [0.3, 0.4) is 0 Å². The number of aliphatic hydroxyl groups excluding tert-OH is 3. The second-order valence-corrected chi connectivity index (χ2v) is 7.33. The number of rotatable bonds is 6. The standard InChI is InChI=1S/C19H23N7O7/c1-25(21-6-8-3-4-9(32-2)5-10(8)28)19-22-12-15(23-18(20)24-16(12)31)26(19)17-14(30)13(29)11(7-27)33-17/h3-6,11,13-14,17,27-30H,7H2,1-2H3,(H3,20,23,24,31)/b21-6+. The van der Waals surface area contributed by atoms with E-state index in [1.807, 2.05) is 0 Å². The van der Waals surface area contributed by atoms with Crippen molar-refractivity contribution in [3.63, 3.8) is 0 Å². The molecule has 33 heavy (non-hydrogen) atoms. The zero-order valence-corrected chi connectivity index (χ0v) is 17.7. The Bertz CT molecular complexity index is 1260. The summed E-state index contributed by atoms with van der Waals surface area (Å²) in [7, 11) is 2.98. The lowest BCUT2D eigenvalue weighted by Crippen LogP contribution is -2.33. The summed E-state index contributed by atoms with van der Waals surface area (Å²) in [5.41, 5.74) is 5.31. The summed E-state index contributed by atoms with van der Waals surface area (Å²) in [4.78, 5) is 23.1. The van der Waals surface area contributed by atoms with E-state index in [1.165, 1.54) is 36.0 Å². The smallest absolute Gasteiger partial charge is 0.280 e. The highest BCUT2D eigenvalue weighted by molar-refractivity contribution is 5.84. The van der Waals surface area contributed by atoms with E-state index in [1.54, 1.807) is 12.1 Å². The first-order chi connectivity index (χ1) is 15.7. The van der Waals surface area contributed by atoms with Crippen molar-refractivity contribution in [2.24, 2.45) is 5.10 Å². The Kier molecular flexibility index (Phi) is 5.90. The van der Waals surface area contributed by atoms with E-state index in [0.717, 1.165) is 0 Å². The molecule has 0 amide bonds. The normalized spacial score (nSPS) is 22.9. The van der Waals surface area contributed by atoms with E-state index in [9.17, 15) is 25.2 Å². The fourth-order valence-electron chi connectivity index (χ4n) is 3.51. The van der Waals surface area contributed by atoms with Crippen LogP contribution < -0.4 is 21.0 Å². The largest absolute Gasteiger partial charge is 0.507 e. The molecule has 176 valence electrons. The number of phenols is 1. The van der Waals surface area contributed by atoms with Crippen molar-refractivity contribution in [1.29, 1.82) is 0 Å². The Labute approximate surface area is 186 Å². The monoisotopic (exact) mass is 461 g/mol. The van der Waals surface area contributed by atoms with Crippen molar-refractivity contribution < 1.29 is 29.9 Å². The Morgan fingerprint density at radius 2 is 2.12 bits per heavy atom. The number of methoxy groups -OCH3 is 1. The summed E-state index contributed by atoms with van der Waals surface area (Å²) in [6, 6.07) is 4.65. The fraction of sp³-hybridized carbons (Fsp3) is 0.368. The first-order valence-corrected chi connectivity index (χ1v) is 9.80. The number of phenolic OH excluding ortho intramolecular Hbond substituents is 1. The summed E-state index contributed by atoms with van der Waals surface area (Å²) < 4.78 is 11.9. The maximum Gasteiger partial charge on any atom is 0.280 e. The highest BCUT2D eigenvalue weighted by atomic mass is 16.6. The molecule has 1 saturated heterocycles. The minimum atomic E-state index is -1.47. The van der Waals surface area contributed by atoms with Crippen molar-refractivity contribution in [2.45, 2.75) is 24.5 Å². The number of hydrogen-bond donors (Lipinski definition) is 6. The molecule has 3 heterocycles. The Morgan fingerprint density at radius 1 is 1.36 bits per heavy atom. The predicted octanol–water partition coefficient (Wildman–Crippen LogP) is -1.50. The number of fused-ring (bicyclic) bond motifs is 1. The number of nitrogens with one attached hydrogen (secondary N) is 1. The maximum atomic E-state index is 12.4. The molecule has 14 heteroatoms. The van der Waals surface area contributed by atoms with Crippen LogP contribution in [0.15, 0.2) is 28.1 Å². The van der Waals surface area contributed by atoms with Gasteiger partial charge in [-0.25, -0.2) is 9.99 Å². The van der Waals surface area contributed by atoms with E-state index >= 15 is 0 Å². The van der Waals surface area contributed by atoms with Gasteiger partial charge in [-0.2, -0.15) is 10.1 Å². The van der Waals surface area contributed by atoms with Gasteiger partial charge in [-0.15, -0.1) is 0 Å². The minimum absolute atomic E-state index is 0.0181. The number of nitrogens with two attached hydrogens (primary N) is 1. The van der Waals surface area contributed by atoms with Gasteiger partial charge in [-0.3, -0.25) is 14.3 Å². The third kappa shape index (κ3) is 3.95. The molecule has 3 aromatic rings. The first-order valence-electron chi connectivity index (χ1n) is 9.80. The molecule has 4 unspecified atom stereocenters. The topological polar surface area (TPSA) is 205 Å². The van der Waals surface area contributed by atoms with Crippen molar-refractivity contribution in [3.05, 3.63) is 34.1 Å². The molecule has 2 aromatic heterocycles. The average Bonchev–Trinajstić information content (AvgIpc) is 3.30. The molecule has 0 bridgehead atoms. The number of aromatic hydroxyl groups is 1. The van der Waals surface area contributed by atoms with Crippen LogP contribution >= 0.6 is 0 Å². The number of ether oxygens (including phenoxy) is 2. The van der Waals surface area contributed by atoms with Crippen LogP contribution in [0.5, 0.6) is 11.5 Å². The highest BCUT2D eigenvalue weighted by Gasteiger charge is 2.45. The van der Waals surface area contributed by atoms with Gasteiger partial charge in [-0.05, 0) is 12.1 Å². The molecule has 1 aliphatic heterocycles. The molecule has 7 N–H and O–H groups in total. The van der Waals surface area contributed by atoms with E-state index < -0.39 is 36.7 Å². The third-order valence-electron chi connectivity index (χ3n) is 5.22. The molecule has 14 nitrogen and oxygen atoms in total. The molecule has 0 aliphatic carbocycles. The van der Waals surface area contributed by atoms with Crippen molar-refractivity contribution in [3.8, 4) is 11.5 Å². The van der Waals surface area contributed by atoms with Crippen LogP contribution in [0.25, 0.3) is 11.2 Å². The van der Waals surface area contributed by atoms with E-state index in [4.69, 9.17) is 15.2 Å². The van der Waals surface area contributed by atoms with E-state index in [0.29, 0.717) is 11.3 Å². The number of aliphatic hydroxyl groups is 3. The molecule has 0 spiro atoms. The Morgan fingerprint density at radius 3 is 2.76 bits per heavy atom. The Hall–Kier alpha value is -3.72. The zero-order valence-electron chi connectivity index (χ0n) is 17.7. The summed E-state index contributed by atoms with van der Waals surface area (Å²) >= 11 is 0. The number of benzene rings is 1. The molecule has 0 radical (unpaired) electrons. The quantitative estimate of drug-likeness (QED) is 0.184. The van der Waals surface area contributed by atoms with Gasteiger partial charge in [-0.1, -0.05) is 0 Å². The highest BCUT2D eigenvalue weighted by Crippen LogP contribution is 2.35. The van der Waals surface area contributed by atoms with Crippen molar-refractivity contribution in [2.75, 3.05) is 31.5 Å². The Balaban J connectivity index is 1.79. The summed E-state index contributed by atoms with van der Waals surface area (Å²) in [5, 5.41) is 45.8. The van der Waals surface area contributed by atoms with Gasteiger partial charge in [0.25, 0.3) is 5.56 Å². The number of nitrogen functional groups attached to an aromatic ring is 1. The van der Waals surface area contributed by atoms with Crippen molar-refractivity contribution >= 4 is 29.3 Å². The maximum absolute atomic E-state index is 12.4. The van der Waals surface area contributed by atoms with E-state index in [2.05, 4.69) is 20.1 Å². The number of anilines is 2. The number of H-pyrrole nitrogens is 1. The molecular weight excluding hydrogens is 438 g/mol. The van der Waals surface area contributed by atoms with Gasteiger partial charge in [0.2, 0.25) is 11.9 Å². The van der Waals surface area contributed by atoms with Crippen LogP contribution in [-0.4, -0.2) is 85.2 Å². The lowest BCUT2D eigenvalue weighted by Gasteiger charge is -2.21. The number of hydrogen-bond acceptors (Lipinski definition) is 12. The second-order valence-electron chi connectivity index (χ2n) is 7.33. The van der Waals surface area contributed by atoms with Gasteiger partial charge >= 0.3 is 0 Å². The molecule has 1 fully saturated rings. The molecule has 0 saturated carbocycles. The molecular formula is C19H23N7O7. The average molecular weight is 461 g/mol. The van der Waals surface area contributed by atoms with Crippen LogP contribution in [-0.2, 0) is 4.74 Å². The molecule has 1 aromatic carbocycles. The van der Waals surface area contributed by atoms with Gasteiger partial charge < -0.3 is 35.6 Å². The first kappa shape index (κ1) is 22.5. The molecule has 1 aliphatic rings. The van der Waals surface area contributed by atoms with Crippen LogP contribution in [0.2, 0.25) is 0 Å². The lowest BCUT2D eigenvalue weighted by molar-refractivity contribution is -0.0504. The van der Waals surface area contributed by atoms with Crippen molar-refractivity contribution in [1.82, 2.24) is 19.5 Å². The van der Waals surface area contributed by atoms with Gasteiger partial charge in [0.05, 0.1) is 19.9 Å². The van der Waals surface area contributed by atoms with Crippen LogP contribution in [0, 0.1) is 0 Å². The minimum Gasteiger partial charge on any atom is -0.507 e. The van der Waals surface area contributed by atoms with Crippen LogP contribution in [0.1, 0.15) is 11.8 Å². The summed E-state index contributed by atoms with van der Waals surface area (Å²) in [6.07, 6.45) is -3.84. The molecule has 4 atom stereocenters. The number of aromatic nitrogens is 4. The van der Waals surface area contributed by atoms with Gasteiger partial charge in [0, 0.05) is 18.7 Å². The number of aromatic amines is 1. The SMILES string of the molecule is COc1ccc(/C=N/N(C)c2nc3c(=O)[nH]c(N)nc3n2C2OC(CO)C(O)C2O)c(O)c1. The third-order valence-corrected chi connectivity index (χ3v) is 5.22. The number of imidazole rings is 1. The lowest BCUT2D eigenvalue weighted by atomic mass is 10.1. The summed E-state index contributed by atoms with van der Waals surface area (Å²) in [5.74, 6) is 0.218. The van der Waals surface area contributed by atoms with Crippen LogP contribution in [0.4, 0.5) is 11.9 Å². The number of hydrazone groups is 1. The zero-order chi connectivity index (χ0) is 23.9. The van der Waals surface area contributed by atoms with Gasteiger partial charge in [0.1, 0.15) is 29.8 Å². The number of nitrogens with zero attached hydrogens (tertiary/aromatic N) is 5. The van der Waals surface area contributed by atoms with E-state index in [-0.39, 0.29) is 28.8 Å². The summed E-state index contributed by atoms with van der Waals surface area (Å²) in [6.45, 7) is -0.544.